The number of anilines is 1. The van der Waals surface area contributed by atoms with Gasteiger partial charge < -0.3 is 10.1 Å². The number of ether oxygens (including phenoxy) is 1. The molecule has 2 saturated heterocycles. The van der Waals surface area contributed by atoms with E-state index in [2.05, 4.69) is 5.32 Å². The summed E-state index contributed by atoms with van der Waals surface area (Å²) in [5.74, 6) is -2.61. The van der Waals surface area contributed by atoms with Crippen LogP contribution in [0.3, 0.4) is 0 Å². The van der Waals surface area contributed by atoms with Gasteiger partial charge in [0.05, 0.1) is 30.3 Å². The van der Waals surface area contributed by atoms with E-state index in [9.17, 15) is 26.8 Å². The molecule has 2 amide bonds. The van der Waals surface area contributed by atoms with Crippen LogP contribution in [-0.2, 0) is 19.4 Å². The van der Waals surface area contributed by atoms with Gasteiger partial charge in [0.25, 0.3) is 0 Å². The third-order valence-corrected chi connectivity index (χ3v) is 6.51. The van der Waals surface area contributed by atoms with E-state index >= 15 is 0 Å². The average Bonchev–Trinajstić information content (AvgIpc) is 2.94. The van der Waals surface area contributed by atoms with Gasteiger partial charge in [-0.05, 0) is 30.9 Å². The van der Waals surface area contributed by atoms with Crippen molar-refractivity contribution in [2.75, 3.05) is 29.5 Å². The highest BCUT2D eigenvalue weighted by Gasteiger charge is 2.34. The van der Waals surface area contributed by atoms with Crippen LogP contribution in [0, 0.1) is 11.6 Å². The fourth-order valence-electron chi connectivity index (χ4n) is 3.39. The summed E-state index contributed by atoms with van der Waals surface area (Å²) >= 11 is 0. The summed E-state index contributed by atoms with van der Waals surface area (Å²) in [5, 5.41) is 2.52. The van der Waals surface area contributed by atoms with Gasteiger partial charge in [0, 0.05) is 12.5 Å². The molecule has 2 fully saturated rings. The summed E-state index contributed by atoms with van der Waals surface area (Å²) in [6, 6.07) is 2.12. The van der Waals surface area contributed by atoms with Crippen LogP contribution in [0.2, 0.25) is 0 Å². The Kier molecular flexibility index (Phi) is 5.36. The van der Waals surface area contributed by atoms with Gasteiger partial charge in [-0.15, -0.1) is 0 Å². The molecule has 1 N–H and O–H groups in total. The zero-order valence-electron chi connectivity index (χ0n) is 14.7. The fraction of sp³-hybridized carbons (Fsp3) is 0.529. The van der Waals surface area contributed by atoms with Crippen molar-refractivity contribution >= 4 is 27.5 Å². The maximum absolute atomic E-state index is 14.6. The number of rotatable bonds is 4. The maximum atomic E-state index is 14.6. The Morgan fingerprint density at radius 1 is 1.26 bits per heavy atom. The quantitative estimate of drug-likeness (QED) is 0.828. The van der Waals surface area contributed by atoms with E-state index in [-0.39, 0.29) is 54.6 Å². The molecule has 1 aromatic rings. The summed E-state index contributed by atoms with van der Waals surface area (Å²) < 4.78 is 57.3. The van der Waals surface area contributed by atoms with Crippen molar-refractivity contribution in [3.63, 3.8) is 0 Å². The predicted molar refractivity (Wildman–Crippen MR) is 93.3 cm³/mol. The second-order valence-corrected chi connectivity index (χ2v) is 9.11. The fourth-order valence-corrected chi connectivity index (χ4v) is 4.88. The molecule has 3 rings (SSSR count). The van der Waals surface area contributed by atoms with Gasteiger partial charge in [-0.3, -0.25) is 9.69 Å². The highest BCUT2D eigenvalue weighted by Crippen LogP contribution is 2.35. The lowest BCUT2D eigenvalue weighted by Gasteiger charge is -2.24. The highest BCUT2D eigenvalue weighted by atomic mass is 32.2. The van der Waals surface area contributed by atoms with Crippen molar-refractivity contribution in [1.82, 2.24) is 5.32 Å². The van der Waals surface area contributed by atoms with Crippen LogP contribution in [0.5, 0.6) is 0 Å². The van der Waals surface area contributed by atoms with Gasteiger partial charge in [-0.25, -0.2) is 22.0 Å². The van der Waals surface area contributed by atoms with Gasteiger partial charge in [0.15, 0.2) is 0 Å². The Hall–Kier alpha value is -2.23. The number of sulfone groups is 1. The van der Waals surface area contributed by atoms with Crippen LogP contribution in [0.4, 0.5) is 19.3 Å². The molecule has 7 nitrogen and oxygen atoms in total. The Morgan fingerprint density at radius 2 is 1.85 bits per heavy atom. The lowest BCUT2D eigenvalue weighted by molar-refractivity contribution is -0.119. The molecule has 2 heterocycles. The standard InChI is InChI=1S/C17H20F2N2O5S/c1-10(22)20-8-13-9-21(17(23)26-13)12-6-14(18)16(15(19)7-12)11-2-4-27(24,25)5-3-11/h6-7,11,13H,2-5,8-9H2,1H3,(H,20,22)/t13-/m0/s1. The first-order valence-electron chi connectivity index (χ1n) is 8.58. The molecular weight excluding hydrogens is 382 g/mol. The predicted octanol–water partition coefficient (Wildman–Crippen LogP) is 1.72. The minimum atomic E-state index is -3.14. The normalized spacial score (nSPS) is 22.6. The molecule has 0 aromatic heterocycles. The number of benzene rings is 1. The molecule has 27 heavy (non-hydrogen) atoms. The smallest absolute Gasteiger partial charge is 0.414 e. The maximum Gasteiger partial charge on any atom is 0.414 e. The van der Waals surface area contributed by atoms with Crippen molar-refractivity contribution in [2.24, 2.45) is 0 Å². The molecule has 148 valence electrons. The second kappa shape index (κ2) is 7.41. The Morgan fingerprint density at radius 3 is 2.41 bits per heavy atom. The molecule has 0 radical (unpaired) electrons. The number of cyclic esters (lactones) is 1. The number of hydrogen-bond acceptors (Lipinski definition) is 5. The van der Waals surface area contributed by atoms with Gasteiger partial charge in [-0.1, -0.05) is 0 Å². The van der Waals surface area contributed by atoms with Gasteiger partial charge in [0.2, 0.25) is 5.91 Å². The van der Waals surface area contributed by atoms with Crippen molar-refractivity contribution < 1.29 is 31.5 Å². The van der Waals surface area contributed by atoms with E-state index in [1.54, 1.807) is 0 Å². The Bertz CT molecular complexity index is 837. The van der Waals surface area contributed by atoms with Gasteiger partial charge in [-0.2, -0.15) is 0 Å². The molecule has 0 saturated carbocycles. The minimum absolute atomic E-state index is 0.0208. The van der Waals surface area contributed by atoms with Crippen LogP contribution in [-0.4, -0.2) is 51.1 Å². The molecular formula is C17H20F2N2O5S. The Labute approximate surface area is 155 Å². The molecule has 1 atom stereocenters. The van der Waals surface area contributed by atoms with Gasteiger partial charge in [0.1, 0.15) is 27.6 Å². The number of hydrogen-bond donors (Lipinski definition) is 1. The van der Waals surface area contributed by atoms with Crippen molar-refractivity contribution in [1.29, 1.82) is 0 Å². The summed E-state index contributed by atoms with van der Waals surface area (Å²) in [5.41, 5.74) is -0.122. The SMILES string of the molecule is CC(=O)NC[C@H]1CN(c2cc(F)c(C3CCS(=O)(=O)CC3)c(F)c2)C(=O)O1. The average molecular weight is 402 g/mol. The number of nitrogens with one attached hydrogen (secondary N) is 1. The van der Waals surface area contributed by atoms with Crippen LogP contribution >= 0.6 is 0 Å². The monoisotopic (exact) mass is 402 g/mol. The molecule has 0 unspecified atom stereocenters. The highest BCUT2D eigenvalue weighted by molar-refractivity contribution is 7.91. The van der Waals surface area contributed by atoms with Gasteiger partial charge >= 0.3 is 6.09 Å². The largest absolute Gasteiger partial charge is 0.442 e. The summed E-state index contributed by atoms with van der Waals surface area (Å²) in [7, 11) is -3.14. The topological polar surface area (TPSA) is 92.8 Å². The van der Waals surface area contributed by atoms with Crippen LogP contribution in [0.15, 0.2) is 12.1 Å². The van der Waals surface area contributed by atoms with E-state index in [4.69, 9.17) is 4.74 Å². The first-order chi connectivity index (χ1) is 12.7. The first kappa shape index (κ1) is 19.5. The lowest BCUT2D eigenvalue weighted by atomic mass is 9.92. The number of carbonyl (C=O) groups excluding carboxylic acids is 2. The molecule has 0 aliphatic carbocycles. The van der Waals surface area contributed by atoms with Crippen LogP contribution < -0.4 is 10.2 Å². The van der Waals surface area contributed by atoms with E-state index in [1.165, 1.54) is 6.92 Å². The van der Waals surface area contributed by atoms with Crippen LogP contribution in [0.1, 0.15) is 31.2 Å². The van der Waals surface area contributed by atoms with E-state index in [1.807, 2.05) is 0 Å². The first-order valence-corrected chi connectivity index (χ1v) is 10.4. The molecule has 0 spiro atoms. The lowest BCUT2D eigenvalue weighted by Crippen LogP contribution is -2.33. The molecule has 0 bridgehead atoms. The summed E-state index contributed by atoms with van der Waals surface area (Å²) in [6.07, 6.45) is -1.03. The van der Waals surface area contributed by atoms with Crippen LogP contribution in [0.25, 0.3) is 0 Å². The zero-order valence-corrected chi connectivity index (χ0v) is 15.5. The number of amides is 2. The number of nitrogens with zero attached hydrogens (tertiary/aromatic N) is 1. The molecule has 2 aliphatic heterocycles. The van der Waals surface area contributed by atoms with Crippen molar-refractivity contribution in [3.8, 4) is 0 Å². The molecule has 1 aromatic carbocycles. The number of carbonyl (C=O) groups is 2. The summed E-state index contributed by atoms with van der Waals surface area (Å²) in [4.78, 5) is 24.0. The third-order valence-electron chi connectivity index (χ3n) is 4.79. The number of halogens is 2. The third kappa shape index (κ3) is 4.37. The minimum Gasteiger partial charge on any atom is -0.442 e. The van der Waals surface area contributed by atoms with Crippen molar-refractivity contribution in [2.45, 2.75) is 31.8 Å². The van der Waals surface area contributed by atoms with E-state index in [0.29, 0.717) is 0 Å². The van der Waals surface area contributed by atoms with E-state index in [0.717, 1.165) is 17.0 Å². The van der Waals surface area contributed by atoms with E-state index < -0.39 is 39.6 Å². The zero-order chi connectivity index (χ0) is 19.8. The molecule has 2 aliphatic rings. The Balaban J connectivity index is 1.77. The summed E-state index contributed by atoms with van der Waals surface area (Å²) in [6.45, 7) is 1.49. The molecule has 10 heteroatoms. The second-order valence-electron chi connectivity index (χ2n) is 6.80. The van der Waals surface area contributed by atoms with Crippen molar-refractivity contribution in [3.05, 3.63) is 29.3 Å².